The van der Waals surface area contributed by atoms with Gasteiger partial charge in [0.15, 0.2) is 0 Å². The second-order valence-corrected chi connectivity index (χ2v) is 4.00. The van der Waals surface area contributed by atoms with Gasteiger partial charge in [0.05, 0.1) is 22.4 Å². The average molecular weight is 249 g/mol. The van der Waals surface area contributed by atoms with Crippen LogP contribution >= 0.6 is 0 Å². The smallest absolute Gasteiger partial charge is 0.267 e. The van der Waals surface area contributed by atoms with Gasteiger partial charge in [-0.05, 0) is 18.2 Å². The Morgan fingerprint density at radius 2 is 1.79 bits per heavy atom. The van der Waals surface area contributed by atoms with Crippen molar-refractivity contribution in [2.45, 2.75) is 0 Å². The number of benzene rings is 1. The molecule has 5 nitrogen and oxygen atoms in total. The molecule has 1 aromatic carbocycles. The third-order valence-electron chi connectivity index (χ3n) is 2.95. The molecule has 90 valence electrons. The minimum absolute atomic E-state index is 0.264. The summed E-state index contributed by atoms with van der Waals surface area (Å²) in [5, 5.41) is 9.06. The molecule has 0 saturated heterocycles. The lowest BCUT2D eigenvalue weighted by atomic mass is 10.2. The molecular formula is C14H7N3O2. The topological polar surface area (TPSA) is 74.1 Å². The summed E-state index contributed by atoms with van der Waals surface area (Å²) in [5.41, 5.74) is 1.16. The number of para-hydroxylation sites is 1. The van der Waals surface area contributed by atoms with Crippen LogP contribution in [0.15, 0.2) is 42.7 Å². The van der Waals surface area contributed by atoms with Crippen LogP contribution in [0.2, 0.25) is 0 Å². The molecule has 3 rings (SSSR count). The first-order valence-electron chi connectivity index (χ1n) is 5.56. The molecule has 1 aromatic heterocycles. The van der Waals surface area contributed by atoms with Gasteiger partial charge in [0.1, 0.15) is 6.07 Å². The maximum atomic E-state index is 12.2. The number of aromatic nitrogens is 1. The lowest BCUT2D eigenvalue weighted by molar-refractivity contribution is 0.0926. The van der Waals surface area contributed by atoms with Gasteiger partial charge in [-0.15, -0.1) is 0 Å². The van der Waals surface area contributed by atoms with Gasteiger partial charge in [0, 0.05) is 12.4 Å². The molecule has 1 aliphatic rings. The molecule has 0 spiro atoms. The Hall–Kier alpha value is -3.00. The molecule has 0 saturated carbocycles. The van der Waals surface area contributed by atoms with Crippen molar-refractivity contribution in [3.63, 3.8) is 0 Å². The fourth-order valence-corrected chi connectivity index (χ4v) is 2.07. The van der Waals surface area contributed by atoms with Crippen LogP contribution in [0.25, 0.3) is 0 Å². The summed E-state index contributed by atoms with van der Waals surface area (Å²) in [6, 6.07) is 9.99. The van der Waals surface area contributed by atoms with Crippen molar-refractivity contribution in [2.75, 3.05) is 4.90 Å². The molecule has 0 radical (unpaired) electrons. The maximum absolute atomic E-state index is 12.2. The summed E-state index contributed by atoms with van der Waals surface area (Å²) in [6.07, 6.45) is 2.83. The normalized spacial score (nSPS) is 13.3. The van der Waals surface area contributed by atoms with E-state index >= 15 is 0 Å². The zero-order chi connectivity index (χ0) is 13.4. The number of pyridine rings is 1. The number of hydrogen-bond donors (Lipinski definition) is 0. The van der Waals surface area contributed by atoms with E-state index in [1.54, 1.807) is 24.3 Å². The molecule has 2 amide bonds. The van der Waals surface area contributed by atoms with Crippen LogP contribution in [-0.2, 0) is 0 Å². The second kappa shape index (κ2) is 4.03. The van der Waals surface area contributed by atoms with E-state index in [4.69, 9.17) is 5.26 Å². The highest BCUT2D eigenvalue weighted by molar-refractivity contribution is 6.34. The second-order valence-electron chi connectivity index (χ2n) is 4.00. The van der Waals surface area contributed by atoms with Crippen LogP contribution < -0.4 is 4.90 Å². The number of anilines is 1. The Balaban J connectivity index is 2.18. The number of nitriles is 1. The molecule has 0 aliphatic carbocycles. The average Bonchev–Trinajstić information content (AvgIpc) is 2.71. The first kappa shape index (κ1) is 11.1. The van der Waals surface area contributed by atoms with E-state index < -0.39 is 11.8 Å². The van der Waals surface area contributed by atoms with E-state index in [-0.39, 0.29) is 11.1 Å². The summed E-state index contributed by atoms with van der Waals surface area (Å²) in [5.74, 6) is -0.874. The Morgan fingerprint density at radius 1 is 1.05 bits per heavy atom. The molecule has 1 aliphatic heterocycles. The zero-order valence-corrected chi connectivity index (χ0v) is 9.70. The number of amides is 2. The zero-order valence-electron chi connectivity index (χ0n) is 9.70. The Labute approximate surface area is 108 Å². The summed E-state index contributed by atoms with van der Waals surface area (Å²) < 4.78 is 0. The van der Waals surface area contributed by atoms with Gasteiger partial charge in [-0.2, -0.15) is 5.26 Å². The maximum Gasteiger partial charge on any atom is 0.267 e. The number of hydrogen-bond acceptors (Lipinski definition) is 4. The first-order valence-corrected chi connectivity index (χ1v) is 5.56. The van der Waals surface area contributed by atoms with Crippen LogP contribution in [0.3, 0.4) is 0 Å². The molecular weight excluding hydrogens is 242 g/mol. The van der Waals surface area contributed by atoms with Gasteiger partial charge in [0.2, 0.25) is 0 Å². The van der Waals surface area contributed by atoms with Gasteiger partial charge >= 0.3 is 0 Å². The van der Waals surface area contributed by atoms with Crippen molar-refractivity contribution < 1.29 is 9.59 Å². The third-order valence-corrected chi connectivity index (χ3v) is 2.95. The molecule has 0 N–H and O–H groups in total. The molecule has 2 aromatic rings. The lowest BCUT2D eigenvalue weighted by Crippen LogP contribution is -2.30. The fraction of sp³-hybridized carbons (Fsp3) is 0. The van der Waals surface area contributed by atoms with Crippen LogP contribution in [0.5, 0.6) is 0 Å². The number of fused-ring (bicyclic) bond motifs is 1. The number of carbonyl (C=O) groups excluding carboxylic acids is 2. The van der Waals surface area contributed by atoms with Gasteiger partial charge in [-0.25, -0.2) is 4.90 Å². The summed E-state index contributed by atoms with van der Waals surface area (Å²) in [4.78, 5) is 29.3. The van der Waals surface area contributed by atoms with E-state index in [1.165, 1.54) is 18.5 Å². The summed E-state index contributed by atoms with van der Waals surface area (Å²) in [6.45, 7) is 0. The highest BCUT2D eigenvalue weighted by Crippen LogP contribution is 2.29. The number of rotatable bonds is 1. The van der Waals surface area contributed by atoms with Gasteiger partial charge in [-0.3, -0.25) is 14.6 Å². The van der Waals surface area contributed by atoms with E-state index in [9.17, 15) is 9.59 Å². The molecule has 5 heteroatoms. The van der Waals surface area contributed by atoms with Gasteiger partial charge < -0.3 is 0 Å². The molecule has 0 fully saturated rings. The standard InChI is InChI=1S/C14H7N3O2/c15-7-9-3-1-2-4-12(9)17-13(18)10-5-6-16-8-11(10)14(17)19/h1-6,8H. The van der Waals surface area contributed by atoms with Crippen LogP contribution in [-0.4, -0.2) is 16.8 Å². The largest absolute Gasteiger partial charge is 0.268 e. The van der Waals surface area contributed by atoms with Crippen LogP contribution in [0.1, 0.15) is 26.3 Å². The monoisotopic (exact) mass is 249 g/mol. The van der Waals surface area contributed by atoms with Crippen molar-refractivity contribution >= 4 is 17.5 Å². The molecule has 19 heavy (non-hydrogen) atoms. The molecule has 0 bridgehead atoms. The minimum atomic E-state index is -0.448. The molecule has 2 heterocycles. The highest BCUT2D eigenvalue weighted by Gasteiger charge is 2.37. The SMILES string of the molecule is N#Cc1ccccc1N1C(=O)c2ccncc2C1=O. The predicted octanol–water partition coefficient (Wildman–Crippen LogP) is 1.75. The Kier molecular flexibility index (Phi) is 2.36. The van der Waals surface area contributed by atoms with Crippen molar-refractivity contribution in [3.05, 3.63) is 59.4 Å². The van der Waals surface area contributed by atoms with Crippen LogP contribution in [0.4, 0.5) is 5.69 Å². The fourth-order valence-electron chi connectivity index (χ4n) is 2.07. The van der Waals surface area contributed by atoms with E-state index in [1.807, 2.05) is 6.07 Å². The lowest BCUT2D eigenvalue weighted by Gasteiger charge is -2.14. The van der Waals surface area contributed by atoms with E-state index in [0.717, 1.165) is 4.90 Å². The summed E-state index contributed by atoms with van der Waals surface area (Å²) >= 11 is 0. The number of nitrogens with zero attached hydrogens (tertiary/aromatic N) is 3. The number of carbonyl (C=O) groups is 2. The number of imide groups is 1. The predicted molar refractivity (Wildman–Crippen MR) is 66.5 cm³/mol. The van der Waals surface area contributed by atoms with E-state index in [2.05, 4.69) is 4.98 Å². The molecule has 0 unspecified atom stereocenters. The third kappa shape index (κ3) is 1.51. The quantitative estimate of drug-likeness (QED) is 0.721. The van der Waals surface area contributed by atoms with Crippen molar-refractivity contribution in [3.8, 4) is 6.07 Å². The highest BCUT2D eigenvalue weighted by atomic mass is 16.2. The Morgan fingerprint density at radius 3 is 2.53 bits per heavy atom. The Bertz CT molecular complexity index is 711. The molecule has 0 atom stereocenters. The van der Waals surface area contributed by atoms with Gasteiger partial charge in [0.25, 0.3) is 11.8 Å². The summed E-state index contributed by atoms with van der Waals surface area (Å²) in [7, 11) is 0. The minimum Gasteiger partial charge on any atom is -0.268 e. The van der Waals surface area contributed by atoms with E-state index in [0.29, 0.717) is 11.3 Å². The van der Waals surface area contributed by atoms with Crippen molar-refractivity contribution in [1.29, 1.82) is 5.26 Å². The van der Waals surface area contributed by atoms with Crippen molar-refractivity contribution in [2.24, 2.45) is 0 Å². The van der Waals surface area contributed by atoms with Crippen LogP contribution in [0, 0.1) is 11.3 Å². The van der Waals surface area contributed by atoms with Gasteiger partial charge in [-0.1, -0.05) is 12.1 Å². The first-order chi connectivity index (χ1) is 9.24. The van der Waals surface area contributed by atoms with Crippen molar-refractivity contribution in [1.82, 2.24) is 4.98 Å².